The first-order valence-electron chi connectivity index (χ1n) is 8.77. The van der Waals surface area contributed by atoms with Crippen molar-refractivity contribution in [3.63, 3.8) is 0 Å². The predicted octanol–water partition coefficient (Wildman–Crippen LogP) is 5.07. The molecule has 2 aromatic heterocycles. The van der Waals surface area contributed by atoms with E-state index in [1.165, 1.54) is 12.1 Å². The SMILES string of the molecule is Cc1nc(N[C@H](C)c2cccc(C(F)F)c2F)c2cc3c(cc2n1)ncn3C. The molecule has 0 aliphatic carbocycles. The van der Waals surface area contributed by atoms with E-state index in [1.807, 2.05) is 23.7 Å². The van der Waals surface area contributed by atoms with Gasteiger partial charge in [0.2, 0.25) is 0 Å². The Kier molecular flexibility index (Phi) is 4.41. The van der Waals surface area contributed by atoms with Crippen LogP contribution in [0.1, 0.15) is 36.3 Å². The van der Waals surface area contributed by atoms with Crippen molar-refractivity contribution < 1.29 is 13.2 Å². The highest BCUT2D eigenvalue weighted by Gasteiger charge is 2.20. The van der Waals surface area contributed by atoms with Crippen molar-refractivity contribution in [2.24, 2.45) is 7.05 Å². The molecular formula is C20H18F3N5. The molecule has 0 saturated heterocycles. The Hall–Kier alpha value is -3.16. The van der Waals surface area contributed by atoms with Gasteiger partial charge in [-0.2, -0.15) is 0 Å². The van der Waals surface area contributed by atoms with Crippen LogP contribution in [0.25, 0.3) is 21.9 Å². The van der Waals surface area contributed by atoms with Crippen LogP contribution < -0.4 is 5.32 Å². The summed E-state index contributed by atoms with van der Waals surface area (Å²) in [6.45, 7) is 3.47. The van der Waals surface area contributed by atoms with Crippen LogP contribution in [0.5, 0.6) is 0 Å². The van der Waals surface area contributed by atoms with Crippen molar-refractivity contribution in [3.05, 3.63) is 59.4 Å². The zero-order valence-corrected chi connectivity index (χ0v) is 15.5. The number of rotatable bonds is 4. The van der Waals surface area contributed by atoms with Crippen LogP contribution in [0.3, 0.4) is 0 Å². The fourth-order valence-corrected chi connectivity index (χ4v) is 3.33. The van der Waals surface area contributed by atoms with E-state index < -0.39 is 23.8 Å². The van der Waals surface area contributed by atoms with Crippen molar-refractivity contribution in [3.8, 4) is 0 Å². The highest BCUT2D eigenvalue weighted by atomic mass is 19.3. The summed E-state index contributed by atoms with van der Waals surface area (Å²) in [7, 11) is 1.89. The fraction of sp³-hybridized carbons (Fsp3) is 0.250. The van der Waals surface area contributed by atoms with Gasteiger partial charge in [-0.1, -0.05) is 18.2 Å². The Morgan fingerprint density at radius 3 is 2.57 bits per heavy atom. The minimum atomic E-state index is -2.87. The molecule has 2 aromatic carbocycles. The number of aromatic nitrogens is 4. The van der Waals surface area contributed by atoms with Gasteiger partial charge in [-0.3, -0.25) is 0 Å². The largest absolute Gasteiger partial charge is 0.363 e. The first kappa shape index (κ1) is 18.2. The van der Waals surface area contributed by atoms with Gasteiger partial charge in [-0.05, 0) is 26.0 Å². The zero-order valence-electron chi connectivity index (χ0n) is 15.5. The molecule has 0 unspecified atom stereocenters. The second-order valence-corrected chi connectivity index (χ2v) is 6.75. The lowest BCUT2D eigenvalue weighted by molar-refractivity contribution is 0.146. The van der Waals surface area contributed by atoms with E-state index in [0.29, 0.717) is 17.2 Å². The molecule has 0 bridgehead atoms. The van der Waals surface area contributed by atoms with Gasteiger partial charge < -0.3 is 9.88 Å². The van der Waals surface area contributed by atoms with Crippen LogP contribution in [-0.2, 0) is 7.05 Å². The number of hydrogen-bond acceptors (Lipinski definition) is 4. The van der Waals surface area contributed by atoms with Gasteiger partial charge in [-0.15, -0.1) is 0 Å². The summed E-state index contributed by atoms with van der Waals surface area (Å²) in [5.74, 6) is 0.154. The van der Waals surface area contributed by atoms with E-state index >= 15 is 0 Å². The summed E-state index contributed by atoms with van der Waals surface area (Å²) in [5.41, 5.74) is 1.97. The number of halogens is 3. The van der Waals surface area contributed by atoms with E-state index in [2.05, 4.69) is 20.3 Å². The Labute approximate surface area is 159 Å². The number of alkyl halides is 2. The summed E-state index contributed by atoms with van der Waals surface area (Å²) in [6.07, 6.45) is -1.16. The second kappa shape index (κ2) is 6.78. The molecule has 0 spiro atoms. The normalized spacial score (nSPS) is 12.8. The standard InChI is InChI=1S/C20H18F3N5/c1-10(12-5-4-6-13(18(12)21)19(22)23)25-20-14-7-17-16(24-9-28(17)3)8-15(14)26-11(2)27-20/h4-10,19H,1-3H3,(H,25,26,27)/t10-/m1/s1. The Morgan fingerprint density at radius 2 is 1.82 bits per heavy atom. The van der Waals surface area contributed by atoms with Crippen molar-refractivity contribution in [1.29, 1.82) is 0 Å². The number of anilines is 1. The Bertz CT molecular complexity index is 1190. The van der Waals surface area contributed by atoms with Gasteiger partial charge in [-0.25, -0.2) is 28.1 Å². The third-order valence-corrected chi connectivity index (χ3v) is 4.77. The van der Waals surface area contributed by atoms with Gasteiger partial charge >= 0.3 is 0 Å². The van der Waals surface area contributed by atoms with E-state index in [9.17, 15) is 13.2 Å². The quantitative estimate of drug-likeness (QED) is 0.533. The lowest BCUT2D eigenvalue weighted by atomic mass is 10.0. The van der Waals surface area contributed by atoms with Gasteiger partial charge in [0, 0.05) is 18.0 Å². The molecule has 0 aliphatic rings. The first-order chi connectivity index (χ1) is 13.3. The maximum absolute atomic E-state index is 14.5. The third kappa shape index (κ3) is 3.04. The molecule has 4 rings (SSSR count). The number of imidazole rings is 1. The number of benzene rings is 2. The predicted molar refractivity (Wildman–Crippen MR) is 102 cm³/mol. The van der Waals surface area contributed by atoms with E-state index in [0.717, 1.165) is 22.5 Å². The summed E-state index contributed by atoms with van der Waals surface area (Å²) >= 11 is 0. The monoisotopic (exact) mass is 385 g/mol. The molecule has 0 radical (unpaired) electrons. The minimum Gasteiger partial charge on any atom is -0.363 e. The van der Waals surface area contributed by atoms with Gasteiger partial charge in [0.25, 0.3) is 6.43 Å². The topological polar surface area (TPSA) is 55.6 Å². The van der Waals surface area contributed by atoms with Crippen LogP contribution in [0.2, 0.25) is 0 Å². The summed E-state index contributed by atoms with van der Waals surface area (Å²) < 4.78 is 42.5. The number of fused-ring (bicyclic) bond motifs is 2. The van der Waals surface area contributed by atoms with E-state index in [4.69, 9.17) is 0 Å². The van der Waals surface area contributed by atoms with Crippen molar-refractivity contribution in [2.75, 3.05) is 5.32 Å². The van der Waals surface area contributed by atoms with Crippen molar-refractivity contribution in [1.82, 2.24) is 19.5 Å². The first-order valence-corrected chi connectivity index (χ1v) is 8.77. The number of nitrogens with one attached hydrogen (secondary N) is 1. The molecule has 1 N–H and O–H groups in total. The number of nitrogens with zero attached hydrogens (tertiary/aromatic N) is 4. The third-order valence-electron chi connectivity index (χ3n) is 4.77. The van der Waals surface area contributed by atoms with Crippen LogP contribution >= 0.6 is 0 Å². The lowest BCUT2D eigenvalue weighted by Crippen LogP contribution is -2.12. The summed E-state index contributed by atoms with van der Waals surface area (Å²) in [4.78, 5) is 13.2. The van der Waals surface area contributed by atoms with Crippen LogP contribution in [0.4, 0.5) is 19.0 Å². The lowest BCUT2D eigenvalue weighted by Gasteiger charge is -2.18. The van der Waals surface area contributed by atoms with Crippen LogP contribution in [0.15, 0.2) is 36.7 Å². The molecule has 1 atom stereocenters. The minimum absolute atomic E-state index is 0.156. The smallest absolute Gasteiger partial charge is 0.266 e. The molecular weight excluding hydrogens is 367 g/mol. The summed E-state index contributed by atoms with van der Waals surface area (Å²) in [6, 6.07) is 7.23. The van der Waals surface area contributed by atoms with Gasteiger partial charge in [0.05, 0.1) is 34.5 Å². The Morgan fingerprint density at radius 1 is 1.07 bits per heavy atom. The molecule has 144 valence electrons. The molecule has 28 heavy (non-hydrogen) atoms. The molecule has 0 aliphatic heterocycles. The number of hydrogen-bond donors (Lipinski definition) is 1. The molecule has 5 nitrogen and oxygen atoms in total. The fourth-order valence-electron chi connectivity index (χ4n) is 3.33. The highest BCUT2D eigenvalue weighted by Crippen LogP contribution is 2.31. The average molecular weight is 385 g/mol. The highest BCUT2D eigenvalue weighted by molar-refractivity contribution is 5.98. The van der Waals surface area contributed by atoms with Gasteiger partial charge in [0.1, 0.15) is 17.5 Å². The van der Waals surface area contributed by atoms with E-state index in [1.54, 1.807) is 20.2 Å². The second-order valence-electron chi connectivity index (χ2n) is 6.75. The van der Waals surface area contributed by atoms with Crippen LogP contribution in [0, 0.1) is 12.7 Å². The Balaban J connectivity index is 1.80. The molecule has 4 aromatic rings. The number of aryl methyl sites for hydroxylation is 2. The average Bonchev–Trinajstić information content (AvgIpc) is 3.00. The molecule has 0 amide bonds. The molecule has 0 saturated carbocycles. The molecule has 0 fully saturated rings. The molecule has 2 heterocycles. The van der Waals surface area contributed by atoms with Crippen molar-refractivity contribution >= 4 is 27.8 Å². The summed E-state index contributed by atoms with van der Waals surface area (Å²) in [5, 5.41) is 3.91. The van der Waals surface area contributed by atoms with Crippen molar-refractivity contribution in [2.45, 2.75) is 26.3 Å². The van der Waals surface area contributed by atoms with E-state index in [-0.39, 0.29) is 5.56 Å². The maximum Gasteiger partial charge on any atom is 0.266 e. The molecule has 8 heteroatoms. The van der Waals surface area contributed by atoms with Gasteiger partial charge in [0.15, 0.2) is 0 Å². The zero-order chi connectivity index (χ0) is 20.0. The van der Waals surface area contributed by atoms with Crippen LogP contribution in [-0.4, -0.2) is 19.5 Å². The maximum atomic E-state index is 14.5.